The molecule has 0 bridgehead atoms. The minimum absolute atomic E-state index is 0.0983. The monoisotopic (exact) mass is 438 g/mol. The van der Waals surface area contributed by atoms with Crippen LogP contribution in [0.4, 0.5) is 5.69 Å². The Bertz CT molecular complexity index is 915. The normalized spacial score (nSPS) is 11.5. The Morgan fingerprint density at radius 3 is 2.41 bits per heavy atom. The maximum atomic E-state index is 13.3. The van der Waals surface area contributed by atoms with Crippen LogP contribution in [0.2, 0.25) is 5.02 Å². The van der Waals surface area contributed by atoms with Crippen LogP contribution in [0.15, 0.2) is 53.4 Å². The fourth-order valence-corrected chi connectivity index (χ4v) is 4.32. The minimum atomic E-state index is -3.97. The Kier molecular flexibility index (Phi) is 8.49. The molecule has 0 atom stereocenters. The van der Waals surface area contributed by atoms with Crippen LogP contribution in [0, 0.1) is 6.92 Å². The van der Waals surface area contributed by atoms with Gasteiger partial charge < -0.3 is 10.1 Å². The molecule has 2 aromatic rings. The molecule has 8 heteroatoms. The van der Waals surface area contributed by atoms with Crippen molar-refractivity contribution < 1.29 is 17.9 Å². The third-order valence-electron chi connectivity index (χ3n) is 4.11. The first kappa shape index (κ1) is 23.2. The van der Waals surface area contributed by atoms with E-state index in [9.17, 15) is 13.2 Å². The van der Waals surface area contributed by atoms with Gasteiger partial charge in [-0.25, -0.2) is 8.42 Å². The van der Waals surface area contributed by atoms with Crippen molar-refractivity contribution in [3.05, 3.63) is 59.1 Å². The maximum absolute atomic E-state index is 13.3. The van der Waals surface area contributed by atoms with Crippen LogP contribution in [0.1, 0.15) is 25.8 Å². The first-order valence-corrected chi connectivity index (χ1v) is 11.3. The highest BCUT2D eigenvalue weighted by atomic mass is 35.5. The number of nitrogens with zero attached hydrogens (tertiary/aromatic N) is 1. The molecule has 0 saturated heterocycles. The smallest absolute Gasteiger partial charge is 0.264 e. The Labute approximate surface area is 177 Å². The van der Waals surface area contributed by atoms with E-state index < -0.39 is 15.9 Å². The number of carbonyl (C=O) groups excluding carboxylic acids is 1. The van der Waals surface area contributed by atoms with Gasteiger partial charge in [-0.15, -0.1) is 0 Å². The number of rotatable bonds is 10. The van der Waals surface area contributed by atoms with Gasteiger partial charge in [0.25, 0.3) is 10.0 Å². The summed E-state index contributed by atoms with van der Waals surface area (Å²) in [5, 5.41) is 2.99. The molecule has 29 heavy (non-hydrogen) atoms. The summed E-state index contributed by atoms with van der Waals surface area (Å²) in [5.74, 6) is -0.412. The molecule has 2 aromatic carbocycles. The van der Waals surface area contributed by atoms with Crippen LogP contribution >= 0.6 is 11.6 Å². The van der Waals surface area contributed by atoms with Crippen LogP contribution < -0.4 is 9.62 Å². The highest BCUT2D eigenvalue weighted by Crippen LogP contribution is 2.30. The Morgan fingerprint density at radius 2 is 1.79 bits per heavy atom. The van der Waals surface area contributed by atoms with Crippen molar-refractivity contribution in [3.63, 3.8) is 0 Å². The van der Waals surface area contributed by atoms with Gasteiger partial charge in [0, 0.05) is 13.2 Å². The van der Waals surface area contributed by atoms with E-state index in [1.54, 1.807) is 36.4 Å². The van der Waals surface area contributed by atoms with Crippen molar-refractivity contribution in [2.45, 2.75) is 38.2 Å². The molecular formula is C21H27ClN2O4S. The van der Waals surface area contributed by atoms with Crippen molar-refractivity contribution in [2.75, 3.05) is 24.0 Å². The van der Waals surface area contributed by atoms with E-state index in [1.807, 2.05) is 20.8 Å². The summed E-state index contributed by atoms with van der Waals surface area (Å²) in [7, 11) is -3.97. The maximum Gasteiger partial charge on any atom is 0.264 e. The van der Waals surface area contributed by atoms with Gasteiger partial charge in [0.15, 0.2) is 0 Å². The van der Waals surface area contributed by atoms with E-state index in [1.165, 1.54) is 12.1 Å². The molecule has 0 unspecified atom stereocenters. The SMILES string of the molecule is Cc1ccc(S(=O)(=O)N(CC(=O)NCCCOC(C)C)c2ccccc2Cl)cc1. The standard InChI is InChI=1S/C21H27ClN2O4S/c1-16(2)28-14-6-13-23-21(25)15-24(20-8-5-4-7-19(20)22)29(26,27)18-11-9-17(3)10-12-18/h4-5,7-12,16H,6,13-15H2,1-3H3,(H,23,25). The topological polar surface area (TPSA) is 75.7 Å². The van der Waals surface area contributed by atoms with E-state index in [-0.39, 0.29) is 28.3 Å². The summed E-state index contributed by atoms with van der Waals surface area (Å²) >= 11 is 6.24. The lowest BCUT2D eigenvalue weighted by Gasteiger charge is -2.25. The summed E-state index contributed by atoms with van der Waals surface area (Å²) in [6.45, 7) is 6.30. The molecule has 0 aliphatic rings. The van der Waals surface area contributed by atoms with Crippen LogP contribution in [0.25, 0.3) is 0 Å². The predicted octanol–water partition coefficient (Wildman–Crippen LogP) is 3.78. The molecule has 0 heterocycles. The zero-order valence-corrected chi connectivity index (χ0v) is 18.5. The van der Waals surface area contributed by atoms with Crippen LogP contribution in [0.5, 0.6) is 0 Å². The molecule has 0 aliphatic heterocycles. The van der Waals surface area contributed by atoms with Crippen molar-refractivity contribution in [3.8, 4) is 0 Å². The lowest BCUT2D eigenvalue weighted by molar-refractivity contribution is -0.119. The average Bonchev–Trinajstić information content (AvgIpc) is 2.66. The zero-order valence-electron chi connectivity index (χ0n) is 16.9. The predicted molar refractivity (Wildman–Crippen MR) is 116 cm³/mol. The number of anilines is 1. The molecule has 2 rings (SSSR count). The molecule has 0 spiro atoms. The lowest BCUT2D eigenvalue weighted by atomic mass is 10.2. The number of hydrogen-bond donors (Lipinski definition) is 1. The fourth-order valence-electron chi connectivity index (χ4n) is 2.60. The van der Waals surface area contributed by atoms with Crippen LogP contribution in [0.3, 0.4) is 0 Å². The third kappa shape index (κ3) is 6.73. The highest BCUT2D eigenvalue weighted by molar-refractivity contribution is 7.92. The molecule has 6 nitrogen and oxygen atoms in total. The molecule has 0 radical (unpaired) electrons. The number of halogens is 1. The number of sulfonamides is 1. The molecule has 0 fully saturated rings. The number of benzene rings is 2. The molecule has 0 aliphatic carbocycles. The summed E-state index contributed by atoms with van der Waals surface area (Å²) in [4.78, 5) is 12.6. The van der Waals surface area contributed by atoms with Crippen molar-refractivity contribution in [2.24, 2.45) is 0 Å². The van der Waals surface area contributed by atoms with Gasteiger partial charge in [0.1, 0.15) is 6.54 Å². The second-order valence-corrected chi connectivity index (χ2v) is 9.17. The van der Waals surface area contributed by atoms with Crippen molar-refractivity contribution in [1.29, 1.82) is 0 Å². The molecule has 0 saturated carbocycles. The number of para-hydroxylation sites is 1. The second-order valence-electron chi connectivity index (χ2n) is 6.90. The first-order valence-electron chi connectivity index (χ1n) is 9.44. The number of aryl methyl sites for hydroxylation is 1. The summed E-state index contributed by atoms with van der Waals surface area (Å²) in [5.41, 5.74) is 1.20. The van der Waals surface area contributed by atoms with E-state index in [2.05, 4.69) is 5.32 Å². The lowest BCUT2D eigenvalue weighted by Crippen LogP contribution is -2.41. The summed E-state index contributed by atoms with van der Waals surface area (Å²) in [6.07, 6.45) is 0.766. The Morgan fingerprint density at radius 1 is 1.14 bits per heavy atom. The number of nitrogens with one attached hydrogen (secondary N) is 1. The third-order valence-corrected chi connectivity index (χ3v) is 6.21. The molecule has 0 aromatic heterocycles. The number of ether oxygens (including phenoxy) is 1. The van der Waals surface area contributed by atoms with Gasteiger partial charge in [0.05, 0.1) is 21.7 Å². The molecule has 1 N–H and O–H groups in total. The van der Waals surface area contributed by atoms with E-state index in [0.29, 0.717) is 19.6 Å². The van der Waals surface area contributed by atoms with Gasteiger partial charge in [-0.05, 0) is 51.5 Å². The minimum Gasteiger partial charge on any atom is -0.379 e. The Hall–Kier alpha value is -2.09. The zero-order chi connectivity index (χ0) is 21.4. The van der Waals surface area contributed by atoms with E-state index in [4.69, 9.17) is 16.3 Å². The number of hydrogen-bond acceptors (Lipinski definition) is 4. The largest absolute Gasteiger partial charge is 0.379 e. The first-order chi connectivity index (χ1) is 13.7. The molecular weight excluding hydrogens is 412 g/mol. The van der Waals surface area contributed by atoms with Gasteiger partial charge >= 0.3 is 0 Å². The van der Waals surface area contributed by atoms with Gasteiger partial charge in [-0.2, -0.15) is 0 Å². The van der Waals surface area contributed by atoms with Crippen molar-refractivity contribution in [1.82, 2.24) is 5.32 Å². The number of amides is 1. The molecule has 158 valence electrons. The summed E-state index contributed by atoms with van der Waals surface area (Å²) in [6, 6.07) is 13.0. The van der Waals surface area contributed by atoms with Gasteiger partial charge in [0.2, 0.25) is 5.91 Å². The second kappa shape index (κ2) is 10.6. The quantitative estimate of drug-likeness (QED) is 0.573. The average molecular weight is 439 g/mol. The van der Waals surface area contributed by atoms with Crippen LogP contribution in [-0.4, -0.2) is 40.1 Å². The summed E-state index contributed by atoms with van der Waals surface area (Å²) < 4.78 is 33.0. The molecule has 1 amide bonds. The fraction of sp³-hybridized carbons (Fsp3) is 0.381. The van der Waals surface area contributed by atoms with Gasteiger partial charge in [-0.3, -0.25) is 9.10 Å². The van der Waals surface area contributed by atoms with Crippen molar-refractivity contribution >= 4 is 33.2 Å². The van der Waals surface area contributed by atoms with E-state index >= 15 is 0 Å². The van der Waals surface area contributed by atoms with E-state index in [0.717, 1.165) is 9.87 Å². The number of carbonyl (C=O) groups is 1. The highest BCUT2D eigenvalue weighted by Gasteiger charge is 2.28. The Balaban J connectivity index is 2.19. The van der Waals surface area contributed by atoms with Crippen LogP contribution in [-0.2, 0) is 19.6 Å². The van der Waals surface area contributed by atoms with Gasteiger partial charge in [-0.1, -0.05) is 41.4 Å².